The zero-order valence-electron chi connectivity index (χ0n) is 18.2. The average molecular weight is 471 g/mol. The molecule has 1 atom stereocenters. The highest BCUT2D eigenvalue weighted by Crippen LogP contribution is 2.27. The third-order valence-electron chi connectivity index (χ3n) is 5.12. The van der Waals surface area contributed by atoms with Crippen LogP contribution in [-0.4, -0.2) is 31.5 Å². The van der Waals surface area contributed by atoms with Gasteiger partial charge in [-0.3, -0.25) is 9.10 Å². The molecule has 0 heterocycles. The average Bonchev–Trinajstić information content (AvgIpc) is 2.77. The first-order valence-electron chi connectivity index (χ1n) is 10.4. The molecule has 0 bridgehead atoms. The maximum atomic E-state index is 13.8. The van der Waals surface area contributed by atoms with Gasteiger partial charge in [-0.2, -0.15) is 0 Å². The van der Waals surface area contributed by atoms with Crippen LogP contribution in [0.5, 0.6) is 0 Å². The molecule has 3 rings (SSSR count). The lowest BCUT2D eigenvalue weighted by Crippen LogP contribution is -2.50. The number of benzene rings is 3. The molecule has 7 heteroatoms. The molecule has 0 aliphatic heterocycles. The van der Waals surface area contributed by atoms with Gasteiger partial charge >= 0.3 is 0 Å². The largest absolute Gasteiger partial charge is 0.332 e. The summed E-state index contributed by atoms with van der Waals surface area (Å²) in [6.07, 6.45) is 1.43. The van der Waals surface area contributed by atoms with Crippen molar-refractivity contribution in [2.45, 2.75) is 32.5 Å². The maximum absolute atomic E-state index is 13.8. The summed E-state index contributed by atoms with van der Waals surface area (Å²) >= 11 is 6.13. The van der Waals surface area contributed by atoms with Crippen LogP contribution in [0, 0.1) is 0 Å². The van der Waals surface area contributed by atoms with Crippen LogP contribution >= 0.6 is 11.6 Å². The highest BCUT2D eigenvalue weighted by Gasteiger charge is 2.34. The molecular weight excluding hydrogens is 444 g/mol. The third-order valence-corrected chi connectivity index (χ3v) is 6.53. The normalized spacial score (nSPS) is 12.2. The molecular formula is C25H27ClN2O3S. The number of halogens is 1. The summed E-state index contributed by atoms with van der Waals surface area (Å²) in [6, 6.07) is 25.0. The Labute approximate surface area is 195 Å². The van der Waals surface area contributed by atoms with Crippen LogP contribution in [0.3, 0.4) is 0 Å². The van der Waals surface area contributed by atoms with Crippen LogP contribution < -0.4 is 4.31 Å². The van der Waals surface area contributed by atoms with Crippen LogP contribution in [-0.2, 0) is 27.9 Å². The van der Waals surface area contributed by atoms with Crippen molar-refractivity contribution in [3.63, 3.8) is 0 Å². The highest BCUT2D eigenvalue weighted by molar-refractivity contribution is 7.92. The van der Waals surface area contributed by atoms with Crippen LogP contribution in [0.15, 0.2) is 84.9 Å². The summed E-state index contributed by atoms with van der Waals surface area (Å²) in [5.41, 5.74) is 2.32. The second kappa shape index (κ2) is 10.7. The Balaban J connectivity index is 2.00. The van der Waals surface area contributed by atoms with E-state index in [4.69, 9.17) is 11.6 Å². The molecule has 0 aliphatic rings. The molecule has 0 spiro atoms. The first kappa shape index (κ1) is 23.8. The Kier molecular flexibility index (Phi) is 7.94. The number of anilines is 1. The molecule has 0 aromatic heterocycles. The lowest BCUT2D eigenvalue weighted by Gasteiger charge is -2.34. The van der Waals surface area contributed by atoms with Crippen molar-refractivity contribution in [3.8, 4) is 0 Å². The van der Waals surface area contributed by atoms with Crippen molar-refractivity contribution in [3.05, 3.63) is 101 Å². The van der Waals surface area contributed by atoms with Gasteiger partial charge in [-0.1, -0.05) is 85.3 Å². The number of amides is 1. The van der Waals surface area contributed by atoms with Gasteiger partial charge in [0.25, 0.3) is 0 Å². The number of hydrogen-bond donors (Lipinski definition) is 0. The van der Waals surface area contributed by atoms with E-state index < -0.39 is 16.1 Å². The van der Waals surface area contributed by atoms with Crippen molar-refractivity contribution in [1.29, 1.82) is 0 Å². The number of rotatable bonds is 9. The molecule has 0 N–H and O–H groups in total. The Morgan fingerprint density at radius 1 is 0.875 bits per heavy atom. The van der Waals surface area contributed by atoms with Crippen molar-refractivity contribution < 1.29 is 13.2 Å². The van der Waals surface area contributed by atoms with E-state index in [1.54, 1.807) is 29.2 Å². The first-order valence-corrected chi connectivity index (χ1v) is 12.6. The van der Waals surface area contributed by atoms with E-state index in [0.29, 0.717) is 30.2 Å². The third kappa shape index (κ3) is 6.11. The molecule has 0 aliphatic carbocycles. The molecule has 1 amide bonds. The minimum atomic E-state index is -3.74. The number of sulfonamides is 1. The van der Waals surface area contributed by atoms with Gasteiger partial charge in [0.15, 0.2) is 0 Å². The van der Waals surface area contributed by atoms with Crippen molar-refractivity contribution in [2.75, 3.05) is 10.6 Å². The molecule has 168 valence electrons. The number of carbonyl (C=O) groups is 1. The molecule has 0 radical (unpaired) electrons. The van der Waals surface area contributed by atoms with Gasteiger partial charge in [-0.25, -0.2) is 8.42 Å². The quantitative estimate of drug-likeness (QED) is 0.436. The molecule has 1 unspecified atom stereocenters. The highest BCUT2D eigenvalue weighted by atomic mass is 35.5. The van der Waals surface area contributed by atoms with Gasteiger partial charge in [0.05, 0.1) is 11.9 Å². The van der Waals surface area contributed by atoms with Gasteiger partial charge in [-0.15, -0.1) is 0 Å². The van der Waals surface area contributed by atoms with E-state index in [1.165, 1.54) is 4.31 Å². The van der Waals surface area contributed by atoms with Gasteiger partial charge in [0.1, 0.15) is 6.04 Å². The van der Waals surface area contributed by atoms with Gasteiger partial charge in [0.2, 0.25) is 15.9 Å². The summed E-state index contributed by atoms with van der Waals surface area (Å²) in [6.45, 7) is 2.56. The zero-order chi connectivity index (χ0) is 23.1. The van der Waals surface area contributed by atoms with E-state index in [2.05, 4.69) is 0 Å². The maximum Gasteiger partial charge on any atom is 0.247 e. The van der Waals surface area contributed by atoms with Crippen molar-refractivity contribution in [2.24, 2.45) is 0 Å². The second-order valence-corrected chi connectivity index (χ2v) is 9.92. The molecule has 0 fully saturated rings. The number of hydrogen-bond acceptors (Lipinski definition) is 3. The minimum Gasteiger partial charge on any atom is -0.332 e. The fourth-order valence-electron chi connectivity index (χ4n) is 3.69. The Morgan fingerprint density at radius 2 is 1.41 bits per heavy atom. The SMILES string of the molecule is CCC(C(=O)N(Cc1ccccc1)Cc1ccccc1)N(c1cccc(Cl)c1)S(C)(=O)=O. The topological polar surface area (TPSA) is 57.7 Å². The van der Waals surface area contributed by atoms with E-state index in [0.717, 1.165) is 17.4 Å². The van der Waals surface area contributed by atoms with Crippen LogP contribution in [0.25, 0.3) is 0 Å². The summed E-state index contributed by atoms with van der Waals surface area (Å²) in [4.78, 5) is 15.5. The van der Waals surface area contributed by atoms with Crippen molar-refractivity contribution >= 4 is 33.2 Å². The van der Waals surface area contributed by atoms with Gasteiger partial charge in [-0.05, 0) is 35.7 Å². The van der Waals surface area contributed by atoms with Crippen LogP contribution in [0.4, 0.5) is 5.69 Å². The zero-order valence-corrected chi connectivity index (χ0v) is 19.8. The number of nitrogens with zero attached hydrogens (tertiary/aromatic N) is 2. The lowest BCUT2D eigenvalue weighted by molar-refractivity contribution is -0.133. The Bertz CT molecular complexity index is 1100. The fourth-order valence-corrected chi connectivity index (χ4v) is 5.07. The second-order valence-electron chi connectivity index (χ2n) is 7.63. The van der Waals surface area contributed by atoms with E-state index in [1.807, 2.05) is 67.6 Å². The summed E-state index contributed by atoms with van der Waals surface area (Å²) < 4.78 is 26.8. The molecule has 5 nitrogen and oxygen atoms in total. The monoisotopic (exact) mass is 470 g/mol. The van der Waals surface area contributed by atoms with E-state index >= 15 is 0 Å². The Morgan fingerprint density at radius 3 is 1.84 bits per heavy atom. The summed E-state index contributed by atoms with van der Waals surface area (Å²) in [5.74, 6) is -0.259. The van der Waals surface area contributed by atoms with E-state index in [-0.39, 0.29) is 5.91 Å². The number of carbonyl (C=O) groups excluding carboxylic acids is 1. The smallest absolute Gasteiger partial charge is 0.247 e. The van der Waals surface area contributed by atoms with Crippen LogP contribution in [0.2, 0.25) is 5.02 Å². The first-order chi connectivity index (χ1) is 15.3. The minimum absolute atomic E-state index is 0.259. The molecule has 3 aromatic carbocycles. The fraction of sp³-hybridized carbons (Fsp3) is 0.240. The molecule has 32 heavy (non-hydrogen) atoms. The lowest BCUT2D eigenvalue weighted by atomic mass is 10.1. The molecule has 0 saturated heterocycles. The Hall–Kier alpha value is -2.83. The predicted octanol–water partition coefficient (Wildman–Crippen LogP) is 5.11. The summed E-state index contributed by atoms with van der Waals surface area (Å²) in [7, 11) is -3.74. The van der Waals surface area contributed by atoms with E-state index in [9.17, 15) is 13.2 Å². The molecule has 3 aromatic rings. The standard InChI is InChI=1S/C25H27ClN2O3S/c1-3-24(28(32(2,30)31)23-16-10-15-22(26)17-23)25(29)27(18-20-11-6-4-7-12-20)19-21-13-8-5-9-14-21/h4-17,24H,3,18-19H2,1-2H3. The van der Waals surface area contributed by atoms with Crippen molar-refractivity contribution in [1.82, 2.24) is 4.90 Å². The summed E-state index contributed by atoms with van der Waals surface area (Å²) in [5, 5.41) is 0.406. The van der Waals surface area contributed by atoms with Gasteiger partial charge in [0, 0.05) is 18.1 Å². The molecule has 0 saturated carbocycles. The van der Waals surface area contributed by atoms with Gasteiger partial charge < -0.3 is 4.90 Å². The van der Waals surface area contributed by atoms with Crippen LogP contribution in [0.1, 0.15) is 24.5 Å². The predicted molar refractivity (Wildman–Crippen MR) is 130 cm³/mol.